The van der Waals surface area contributed by atoms with Crippen LogP contribution in [0.3, 0.4) is 0 Å². The summed E-state index contributed by atoms with van der Waals surface area (Å²) in [4.78, 5) is 21.8. The van der Waals surface area contributed by atoms with E-state index in [2.05, 4.69) is 10.2 Å². The number of benzene rings is 1. The zero-order valence-electron chi connectivity index (χ0n) is 8.58. The van der Waals surface area contributed by atoms with Gasteiger partial charge in [0.05, 0.1) is 0 Å². The van der Waals surface area contributed by atoms with E-state index in [4.69, 9.17) is 10.2 Å². The van der Waals surface area contributed by atoms with E-state index in [0.29, 0.717) is 5.56 Å². The van der Waals surface area contributed by atoms with E-state index in [1.807, 2.05) is 11.4 Å². The van der Waals surface area contributed by atoms with E-state index in [-0.39, 0.29) is 11.8 Å². The summed E-state index contributed by atoms with van der Waals surface area (Å²) in [5, 5.41) is 9.02. The molecule has 1 aromatic carbocycles. The summed E-state index contributed by atoms with van der Waals surface area (Å²) in [6.07, 6.45) is 0. The van der Waals surface area contributed by atoms with E-state index < -0.39 is 11.9 Å². The maximum atomic E-state index is 11.3. The van der Waals surface area contributed by atoms with Crippen molar-refractivity contribution >= 4 is 11.9 Å². The number of rotatable bonds is 2. The van der Waals surface area contributed by atoms with Gasteiger partial charge in [0, 0.05) is 5.56 Å². The summed E-state index contributed by atoms with van der Waals surface area (Å²) < 4.78 is 5.09. The maximum absolute atomic E-state index is 11.3. The number of carbonyl (C=O) groups excluding carboxylic acids is 2. The van der Waals surface area contributed by atoms with Crippen LogP contribution >= 0.6 is 0 Å². The van der Waals surface area contributed by atoms with Crippen molar-refractivity contribution in [1.29, 1.82) is 0 Å². The van der Waals surface area contributed by atoms with Crippen LogP contribution in [0.25, 0.3) is 11.5 Å². The predicted octanol–water partition coefficient (Wildman–Crippen LogP) is 0.545. The smallest absolute Gasteiger partial charge is 0.319 e. The minimum atomic E-state index is -0.977. The van der Waals surface area contributed by atoms with Gasteiger partial charge in [0.2, 0.25) is 5.89 Å². The Labute approximate surface area is 95.6 Å². The van der Waals surface area contributed by atoms with E-state index in [1.54, 1.807) is 24.3 Å². The molecular formula is C10H8N4O3. The summed E-state index contributed by atoms with van der Waals surface area (Å²) in [6, 6.07) is 7.95. The molecule has 0 saturated carbocycles. The Bertz CT molecular complexity index is 550. The molecule has 7 nitrogen and oxygen atoms in total. The van der Waals surface area contributed by atoms with Gasteiger partial charge in [-0.2, -0.15) is 0 Å². The summed E-state index contributed by atoms with van der Waals surface area (Å²) in [5.41, 5.74) is 5.47. The SMILES string of the molecule is NC(=O)NC(=O)c1nnc(-c2ccccc2)o1. The van der Waals surface area contributed by atoms with Crippen molar-refractivity contribution in [3.05, 3.63) is 36.2 Å². The van der Waals surface area contributed by atoms with Gasteiger partial charge in [-0.25, -0.2) is 4.79 Å². The van der Waals surface area contributed by atoms with Crippen molar-refractivity contribution in [3.8, 4) is 11.5 Å². The molecule has 1 heterocycles. The van der Waals surface area contributed by atoms with Crippen LogP contribution in [-0.4, -0.2) is 22.1 Å². The quantitative estimate of drug-likeness (QED) is 0.785. The lowest BCUT2D eigenvalue weighted by Gasteiger charge is -1.94. The van der Waals surface area contributed by atoms with Crippen LogP contribution in [0.4, 0.5) is 4.79 Å². The number of aromatic nitrogens is 2. The van der Waals surface area contributed by atoms with E-state index in [9.17, 15) is 9.59 Å². The van der Waals surface area contributed by atoms with Crippen LogP contribution in [0.2, 0.25) is 0 Å². The Hall–Kier alpha value is -2.70. The maximum Gasteiger partial charge on any atom is 0.319 e. The average Bonchev–Trinajstić information content (AvgIpc) is 2.78. The largest absolute Gasteiger partial charge is 0.412 e. The summed E-state index contributed by atoms with van der Waals surface area (Å²) in [7, 11) is 0. The highest BCUT2D eigenvalue weighted by Crippen LogP contribution is 2.16. The van der Waals surface area contributed by atoms with Crippen molar-refractivity contribution in [2.45, 2.75) is 0 Å². The third kappa shape index (κ3) is 2.46. The number of urea groups is 1. The van der Waals surface area contributed by atoms with Crippen molar-refractivity contribution in [1.82, 2.24) is 15.5 Å². The molecule has 1 aromatic heterocycles. The van der Waals surface area contributed by atoms with Crippen molar-refractivity contribution in [2.24, 2.45) is 5.73 Å². The third-order valence-electron chi connectivity index (χ3n) is 1.88. The van der Waals surface area contributed by atoms with Gasteiger partial charge in [-0.05, 0) is 12.1 Å². The van der Waals surface area contributed by atoms with Crippen molar-refractivity contribution in [2.75, 3.05) is 0 Å². The molecule has 0 aliphatic heterocycles. The fourth-order valence-corrected chi connectivity index (χ4v) is 1.18. The Morgan fingerprint density at radius 3 is 2.53 bits per heavy atom. The van der Waals surface area contributed by atoms with E-state index >= 15 is 0 Å². The van der Waals surface area contributed by atoms with Gasteiger partial charge >= 0.3 is 17.8 Å². The van der Waals surface area contributed by atoms with Gasteiger partial charge < -0.3 is 10.2 Å². The summed E-state index contributed by atoms with van der Waals surface area (Å²) in [5.74, 6) is -0.949. The minimum Gasteiger partial charge on any atom is -0.412 e. The second-order valence-electron chi connectivity index (χ2n) is 3.10. The second kappa shape index (κ2) is 4.44. The lowest BCUT2D eigenvalue weighted by Crippen LogP contribution is -2.35. The first-order chi connectivity index (χ1) is 8.16. The van der Waals surface area contributed by atoms with Gasteiger partial charge in [-0.15, -0.1) is 10.2 Å². The number of nitrogens with one attached hydrogen (secondary N) is 1. The van der Waals surface area contributed by atoms with Crippen LogP contribution in [0, 0.1) is 0 Å². The predicted molar refractivity (Wildman–Crippen MR) is 56.8 cm³/mol. The van der Waals surface area contributed by atoms with Gasteiger partial charge in [0.25, 0.3) is 0 Å². The lowest BCUT2D eigenvalue weighted by atomic mass is 10.2. The number of hydrogen-bond acceptors (Lipinski definition) is 5. The first kappa shape index (κ1) is 10.8. The average molecular weight is 232 g/mol. The van der Waals surface area contributed by atoms with Crippen LogP contribution in [0.1, 0.15) is 10.7 Å². The van der Waals surface area contributed by atoms with E-state index in [0.717, 1.165) is 0 Å². The van der Waals surface area contributed by atoms with Gasteiger partial charge in [-0.3, -0.25) is 10.1 Å². The van der Waals surface area contributed by atoms with Crippen LogP contribution in [0.5, 0.6) is 0 Å². The Morgan fingerprint density at radius 1 is 1.18 bits per heavy atom. The number of carbonyl (C=O) groups is 2. The minimum absolute atomic E-state index is 0.195. The van der Waals surface area contributed by atoms with Crippen LogP contribution < -0.4 is 11.1 Å². The number of primary amides is 1. The van der Waals surface area contributed by atoms with Crippen molar-refractivity contribution < 1.29 is 14.0 Å². The molecule has 7 heteroatoms. The number of nitrogens with zero attached hydrogens (tertiary/aromatic N) is 2. The molecule has 17 heavy (non-hydrogen) atoms. The van der Waals surface area contributed by atoms with Crippen molar-refractivity contribution in [3.63, 3.8) is 0 Å². The first-order valence-electron chi connectivity index (χ1n) is 4.66. The molecule has 0 aliphatic carbocycles. The standard InChI is InChI=1S/C10H8N4O3/c11-10(16)12-7(15)9-14-13-8(17-9)6-4-2-1-3-5-6/h1-5H,(H3,11,12,15,16). The van der Waals surface area contributed by atoms with E-state index in [1.165, 1.54) is 0 Å². The molecular weight excluding hydrogens is 224 g/mol. The third-order valence-corrected chi connectivity index (χ3v) is 1.88. The number of imide groups is 1. The molecule has 0 radical (unpaired) electrons. The lowest BCUT2D eigenvalue weighted by molar-refractivity contribution is 0.0932. The molecule has 0 bridgehead atoms. The molecule has 3 N–H and O–H groups in total. The Kier molecular flexibility index (Phi) is 2.82. The molecule has 0 saturated heterocycles. The molecule has 0 aliphatic rings. The topological polar surface area (TPSA) is 111 Å². The number of amides is 3. The normalized spacial score (nSPS) is 9.88. The number of hydrogen-bond donors (Lipinski definition) is 2. The zero-order chi connectivity index (χ0) is 12.3. The van der Waals surface area contributed by atoms with Gasteiger partial charge in [-0.1, -0.05) is 18.2 Å². The molecule has 2 aromatic rings. The fraction of sp³-hybridized carbons (Fsp3) is 0. The summed E-state index contributed by atoms with van der Waals surface area (Å²) in [6.45, 7) is 0. The molecule has 2 rings (SSSR count). The Morgan fingerprint density at radius 2 is 1.88 bits per heavy atom. The molecule has 3 amide bonds. The zero-order valence-corrected chi connectivity index (χ0v) is 8.58. The summed E-state index contributed by atoms with van der Waals surface area (Å²) >= 11 is 0. The first-order valence-corrected chi connectivity index (χ1v) is 4.66. The van der Waals surface area contributed by atoms with Gasteiger partial charge in [0.1, 0.15) is 0 Å². The fourth-order valence-electron chi connectivity index (χ4n) is 1.18. The molecule has 0 fully saturated rings. The van der Waals surface area contributed by atoms with Gasteiger partial charge in [0.15, 0.2) is 0 Å². The highest BCUT2D eigenvalue weighted by molar-refractivity contribution is 6.00. The Balaban J connectivity index is 2.22. The van der Waals surface area contributed by atoms with Crippen LogP contribution in [0.15, 0.2) is 34.7 Å². The molecule has 86 valence electrons. The highest BCUT2D eigenvalue weighted by atomic mass is 16.4. The second-order valence-corrected chi connectivity index (χ2v) is 3.10. The number of nitrogens with two attached hydrogens (primary N) is 1. The molecule has 0 atom stereocenters. The monoisotopic (exact) mass is 232 g/mol. The highest BCUT2D eigenvalue weighted by Gasteiger charge is 2.16. The molecule has 0 spiro atoms. The van der Waals surface area contributed by atoms with Crippen LogP contribution in [-0.2, 0) is 0 Å². The molecule has 0 unspecified atom stereocenters.